The highest BCUT2D eigenvalue weighted by molar-refractivity contribution is 5.70. The highest BCUT2D eigenvalue weighted by Crippen LogP contribution is 2.09. The molecule has 4 heteroatoms. The minimum atomic E-state index is -0.371. The number of amides is 1. The van der Waals surface area contributed by atoms with Gasteiger partial charge in [0.15, 0.2) is 0 Å². The minimum Gasteiger partial charge on any atom is -0.442 e. The molecule has 1 saturated heterocycles. The van der Waals surface area contributed by atoms with Crippen LogP contribution in [-0.4, -0.2) is 41.9 Å². The highest BCUT2D eigenvalue weighted by atomic mass is 16.6. The summed E-state index contributed by atoms with van der Waals surface area (Å²) in [5.41, 5.74) is 0. The summed E-state index contributed by atoms with van der Waals surface area (Å²) in [4.78, 5) is 12.4. The fourth-order valence-electron chi connectivity index (χ4n) is 0.975. The quantitative estimate of drug-likeness (QED) is 0.586. The molecule has 0 spiro atoms. The van der Waals surface area contributed by atoms with E-state index in [2.05, 4.69) is 6.58 Å². The average molecular weight is 157 g/mol. The van der Waals surface area contributed by atoms with Crippen LogP contribution in [0.25, 0.3) is 0 Å². The molecule has 4 nitrogen and oxygen atoms in total. The van der Waals surface area contributed by atoms with Gasteiger partial charge < -0.3 is 14.7 Å². The predicted octanol–water partition coefficient (Wildman–Crippen LogP) is -0.0145. The van der Waals surface area contributed by atoms with E-state index in [0.29, 0.717) is 13.1 Å². The van der Waals surface area contributed by atoms with E-state index in [1.54, 1.807) is 6.08 Å². The molecule has 62 valence electrons. The molecule has 1 aliphatic heterocycles. The number of hydrogen-bond acceptors (Lipinski definition) is 3. The van der Waals surface area contributed by atoms with Gasteiger partial charge in [-0.15, -0.1) is 6.58 Å². The van der Waals surface area contributed by atoms with Gasteiger partial charge in [0, 0.05) is 6.54 Å². The molecule has 1 atom stereocenters. The Kier molecular flexibility index (Phi) is 2.48. The van der Waals surface area contributed by atoms with Gasteiger partial charge in [-0.2, -0.15) is 0 Å². The summed E-state index contributed by atoms with van der Waals surface area (Å²) in [6, 6.07) is 0. The molecule has 1 aliphatic rings. The molecule has 0 aromatic carbocycles. The van der Waals surface area contributed by atoms with E-state index in [9.17, 15) is 4.79 Å². The fraction of sp³-hybridized carbons (Fsp3) is 0.571. The SMILES string of the molecule is C=CCN1C[C@H](CO)OC1=O. The van der Waals surface area contributed by atoms with Crippen LogP contribution >= 0.6 is 0 Å². The summed E-state index contributed by atoms with van der Waals surface area (Å²) in [6.45, 7) is 4.33. The Bertz CT molecular complexity index is 169. The molecular formula is C7H11NO3. The summed E-state index contributed by atoms with van der Waals surface area (Å²) < 4.78 is 4.76. The summed E-state index contributed by atoms with van der Waals surface area (Å²) in [5, 5.41) is 8.64. The van der Waals surface area contributed by atoms with Gasteiger partial charge in [0.25, 0.3) is 0 Å². The zero-order chi connectivity index (χ0) is 8.27. The molecule has 0 aromatic rings. The molecule has 0 saturated carbocycles. The first-order chi connectivity index (χ1) is 5.27. The molecule has 0 unspecified atom stereocenters. The largest absolute Gasteiger partial charge is 0.442 e. The molecule has 1 N–H and O–H groups in total. The molecule has 0 aromatic heterocycles. The normalized spacial score (nSPS) is 23.5. The van der Waals surface area contributed by atoms with Crippen molar-refractivity contribution in [2.75, 3.05) is 19.7 Å². The van der Waals surface area contributed by atoms with Gasteiger partial charge >= 0.3 is 6.09 Å². The van der Waals surface area contributed by atoms with Crippen molar-refractivity contribution in [1.29, 1.82) is 0 Å². The number of aliphatic hydroxyl groups is 1. The van der Waals surface area contributed by atoms with Crippen LogP contribution in [0.3, 0.4) is 0 Å². The van der Waals surface area contributed by atoms with Crippen LogP contribution < -0.4 is 0 Å². The van der Waals surface area contributed by atoms with Gasteiger partial charge in [0.2, 0.25) is 0 Å². The second-order valence-corrected chi connectivity index (χ2v) is 2.38. The number of hydrogen-bond donors (Lipinski definition) is 1. The monoisotopic (exact) mass is 157 g/mol. The first kappa shape index (κ1) is 8.07. The number of ether oxygens (including phenoxy) is 1. The van der Waals surface area contributed by atoms with E-state index in [1.165, 1.54) is 4.90 Å². The lowest BCUT2D eigenvalue weighted by molar-refractivity contribution is 0.0949. The lowest BCUT2D eigenvalue weighted by Gasteiger charge is -2.07. The van der Waals surface area contributed by atoms with Crippen molar-refractivity contribution in [2.24, 2.45) is 0 Å². The van der Waals surface area contributed by atoms with E-state index in [1.807, 2.05) is 0 Å². The van der Waals surface area contributed by atoms with Gasteiger partial charge in [0.1, 0.15) is 6.10 Å². The molecule has 0 bridgehead atoms. The van der Waals surface area contributed by atoms with E-state index >= 15 is 0 Å². The van der Waals surface area contributed by atoms with E-state index < -0.39 is 0 Å². The maximum Gasteiger partial charge on any atom is 0.410 e. The number of cyclic esters (lactones) is 1. The topological polar surface area (TPSA) is 49.8 Å². The van der Waals surface area contributed by atoms with Gasteiger partial charge in [-0.05, 0) is 0 Å². The van der Waals surface area contributed by atoms with Crippen LogP contribution in [0, 0.1) is 0 Å². The Morgan fingerprint density at radius 2 is 2.64 bits per heavy atom. The van der Waals surface area contributed by atoms with Gasteiger partial charge in [-0.3, -0.25) is 0 Å². The third kappa shape index (κ3) is 1.71. The summed E-state index contributed by atoms with van der Waals surface area (Å²) in [7, 11) is 0. The standard InChI is InChI=1S/C7H11NO3/c1-2-3-8-4-6(5-9)11-7(8)10/h2,6,9H,1,3-5H2/t6-/m1/s1. The van der Waals surface area contributed by atoms with E-state index in [0.717, 1.165) is 0 Å². The highest BCUT2D eigenvalue weighted by Gasteiger charge is 2.29. The van der Waals surface area contributed by atoms with Crippen LogP contribution in [0.1, 0.15) is 0 Å². The lowest BCUT2D eigenvalue weighted by atomic mass is 10.4. The summed E-state index contributed by atoms with van der Waals surface area (Å²) in [5.74, 6) is 0. The van der Waals surface area contributed by atoms with Crippen molar-refractivity contribution >= 4 is 6.09 Å². The smallest absolute Gasteiger partial charge is 0.410 e. The van der Waals surface area contributed by atoms with Crippen LogP contribution in [0.5, 0.6) is 0 Å². The van der Waals surface area contributed by atoms with Crippen LogP contribution in [0.4, 0.5) is 4.79 Å². The number of carbonyl (C=O) groups is 1. The van der Waals surface area contributed by atoms with E-state index in [4.69, 9.17) is 9.84 Å². The third-order valence-electron chi connectivity index (χ3n) is 1.50. The Hall–Kier alpha value is -1.03. The second-order valence-electron chi connectivity index (χ2n) is 2.38. The van der Waals surface area contributed by atoms with Crippen molar-refractivity contribution in [3.05, 3.63) is 12.7 Å². The number of rotatable bonds is 3. The van der Waals surface area contributed by atoms with Crippen LogP contribution in [0.15, 0.2) is 12.7 Å². The molecule has 1 fully saturated rings. The average Bonchev–Trinajstić information content (AvgIpc) is 2.33. The Labute approximate surface area is 65.1 Å². The lowest BCUT2D eigenvalue weighted by Crippen LogP contribution is -2.25. The molecule has 11 heavy (non-hydrogen) atoms. The summed E-state index contributed by atoms with van der Waals surface area (Å²) >= 11 is 0. The molecule has 1 rings (SSSR count). The van der Waals surface area contributed by atoms with Crippen molar-refractivity contribution in [3.8, 4) is 0 Å². The number of nitrogens with zero attached hydrogens (tertiary/aromatic N) is 1. The van der Waals surface area contributed by atoms with Gasteiger partial charge in [0.05, 0.1) is 13.2 Å². The van der Waals surface area contributed by atoms with Crippen molar-refractivity contribution in [2.45, 2.75) is 6.10 Å². The summed E-state index contributed by atoms with van der Waals surface area (Å²) in [6.07, 6.45) is 0.896. The fourth-order valence-corrected chi connectivity index (χ4v) is 0.975. The Balaban J connectivity index is 2.44. The second kappa shape index (κ2) is 3.39. The van der Waals surface area contributed by atoms with Crippen molar-refractivity contribution < 1.29 is 14.6 Å². The van der Waals surface area contributed by atoms with Crippen LogP contribution in [0.2, 0.25) is 0 Å². The van der Waals surface area contributed by atoms with Crippen molar-refractivity contribution in [1.82, 2.24) is 4.90 Å². The molecule has 1 heterocycles. The van der Waals surface area contributed by atoms with Gasteiger partial charge in [-0.25, -0.2) is 4.79 Å². The van der Waals surface area contributed by atoms with E-state index in [-0.39, 0.29) is 18.8 Å². The van der Waals surface area contributed by atoms with Crippen LogP contribution in [-0.2, 0) is 4.74 Å². The first-order valence-corrected chi connectivity index (χ1v) is 3.45. The zero-order valence-corrected chi connectivity index (χ0v) is 6.19. The zero-order valence-electron chi connectivity index (χ0n) is 6.19. The minimum absolute atomic E-state index is 0.112. The molecular weight excluding hydrogens is 146 g/mol. The molecule has 1 amide bonds. The van der Waals surface area contributed by atoms with Gasteiger partial charge in [-0.1, -0.05) is 6.08 Å². The Morgan fingerprint density at radius 3 is 3.09 bits per heavy atom. The predicted molar refractivity (Wildman–Crippen MR) is 39.1 cm³/mol. The Morgan fingerprint density at radius 1 is 1.91 bits per heavy atom. The number of carbonyl (C=O) groups excluding carboxylic acids is 1. The maximum absolute atomic E-state index is 10.9. The molecule has 0 aliphatic carbocycles. The maximum atomic E-state index is 10.9. The third-order valence-corrected chi connectivity index (χ3v) is 1.50. The molecule has 0 radical (unpaired) electrons. The first-order valence-electron chi connectivity index (χ1n) is 3.45. The number of aliphatic hydroxyl groups excluding tert-OH is 1. The van der Waals surface area contributed by atoms with Crippen molar-refractivity contribution in [3.63, 3.8) is 0 Å².